The average Bonchev–Trinajstić information content (AvgIpc) is 3.05. The summed E-state index contributed by atoms with van der Waals surface area (Å²) in [5, 5.41) is 0.884. The fraction of sp³-hybridized carbons (Fsp3) is 0.333. The van der Waals surface area contributed by atoms with Crippen molar-refractivity contribution in [3.63, 3.8) is 0 Å². The summed E-state index contributed by atoms with van der Waals surface area (Å²) < 4.78 is 10.4. The highest BCUT2D eigenvalue weighted by molar-refractivity contribution is 7.17. The van der Waals surface area contributed by atoms with Crippen LogP contribution in [0.3, 0.4) is 0 Å². The van der Waals surface area contributed by atoms with E-state index >= 15 is 0 Å². The van der Waals surface area contributed by atoms with E-state index in [1.165, 1.54) is 11.3 Å². The molecule has 2 aromatic rings. The molecule has 1 aromatic heterocycles. The van der Waals surface area contributed by atoms with Crippen LogP contribution < -0.4 is 9.64 Å². The van der Waals surface area contributed by atoms with E-state index in [0.717, 1.165) is 24.0 Å². The molecule has 0 radical (unpaired) electrons. The lowest BCUT2D eigenvalue weighted by Crippen LogP contribution is -2.36. The monoisotopic (exact) mass is 304 g/mol. The highest BCUT2D eigenvalue weighted by atomic mass is 32.1. The lowest BCUT2D eigenvalue weighted by molar-refractivity contribution is 0.104. The standard InChI is InChI=1S/C15H16N2O3S/c1-19-12-4-2-11(3-5-12)14(18)13-10-16-15(21-13)17-6-8-20-9-7-17/h2-5,10H,6-9H2,1H3. The minimum atomic E-state index is -0.00494. The number of benzene rings is 1. The van der Waals surface area contributed by atoms with Gasteiger partial charge in [0.25, 0.3) is 0 Å². The molecule has 1 fully saturated rings. The summed E-state index contributed by atoms with van der Waals surface area (Å²) in [6, 6.07) is 7.12. The molecule has 0 amide bonds. The van der Waals surface area contributed by atoms with Gasteiger partial charge in [0.15, 0.2) is 5.13 Å². The number of anilines is 1. The molecule has 0 unspecified atom stereocenters. The number of hydrogen-bond acceptors (Lipinski definition) is 6. The van der Waals surface area contributed by atoms with Crippen molar-refractivity contribution in [2.24, 2.45) is 0 Å². The molecular formula is C15H16N2O3S. The number of ether oxygens (including phenoxy) is 2. The summed E-state index contributed by atoms with van der Waals surface area (Å²) in [4.78, 5) is 19.6. The molecule has 110 valence electrons. The van der Waals surface area contributed by atoms with Gasteiger partial charge in [-0.2, -0.15) is 0 Å². The van der Waals surface area contributed by atoms with Gasteiger partial charge >= 0.3 is 0 Å². The first-order valence-electron chi connectivity index (χ1n) is 6.75. The van der Waals surface area contributed by atoms with Crippen LogP contribution in [0.4, 0.5) is 5.13 Å². The van der Waals surface area contributed by atoms with Gasteiger partial charge in [-0.15, -0.1) is 0 Å². The molecule has 0 spiro atoms. The zero-order valence-electron chi connectivity index (χ0n) is 11.7. The maximum atomic E-state index is 12.4. The van der Waals surface area contributed by atoms with E-state index in [4.69, 9.17) is 9.47 Å². The Hall–Kier alpha value is -1.92. The largest absolute Gasteiger partial charge is 0.497 e. The van der Waals surface area contributed by atoms with Gasteiger partial charge in [0.05, 0.1) is 31.4 Å². The molecule has 21 heavy (non-hydrogen) atoms. The number of carbonyl (C=O) groups is 1. The average molecular weight is 304 g/mol. The third-order valence-corrected chi connectivity index (χ3v) is 4.41. The smallest absolute Gasteiger partial charge is 0.204 e. The minimum absolute atomic E-state index is 0.00494. The summed E-state index contributed by atoms with van der Waals surface area (Å²) in [6.07, 6.45) is 1.65. The number of morpholine rings is 1. The number of hydrogen-bond donors (Lipinski definition) is 0. The Bertz CT molecular complexity index is 618. The number of carbonyl (C=O) groups excluding carboxylic acids is 1. The van der Waals surface area contributed by atoms with Crippen molar-refractivity contribution < 1.29 is 14.3 Å². The third kappa shape index (κ3) is 3.06. The fourth-order valence-corrected chi connectivity index (χ4v) is 3.09. The second-order valence-corrected chi connectivity index (χ2v) is 5.67. The van der Waals surface area contributed by atoms with Gasteiger partial charge in [0.1, 0.15) is 5.75 Å². The molecule has 0 aliphatic carbocycles. The van der Waals surface area contributed by atoms with Crippen molar-refractivity contribution in [3.05, 3.63) is 40.9 Å². The van der Waals surface area contributed by atoms with Crippen molar-refractivity contribution in [1.82, 2.24) is 4.98 Å². The Labute approximate surface area is 127 Å². The molecule has 0 N–H and O–H groups in total. The van der Waals surface area contributed by atoms with Gasteiger partial charge in [-0.25, -0.2) is 4.98 Å². The molecule has 5 nitrogen and oxygen atoms in total. The van der Waals surface area contributed by atoms with Gasteiger partial charge < -0.3 is 14.4 Å². The molecule has 0 bridgehead atoms. The highest BCUT2D eigenvalue weighted by Crippen LogP contribution is 2.25. The van der Waals surface area contributed by atoms with E-state index in [1.807, 2.05) is 0 Å². The molecular weight excluding hydrogens is 288 g/mol. The van der Waals surface area contributed by atoms with Crippen LogP contribution in [0.15, 0.2) is 30.5 Å². The van der Waals surface area contributed by atoms with E-state index in [0.29, 0.717) is 23.7 Å². The SMILES string of the molecule is COc1ccc(C(=O)c2cnc(N3CCOCC3)s2)cc1. The maximum Gasteiger partial charge on any atom is 0.204 e. The number of rotatable bonds is 4. The summed E-state index contributed by atoms with van der Waals surface area (Å²) >= 11 is 1.43. The predicted molar refractivity (Wildman–Crippen MR) is 81.6 cm³/mol. The molecule has 1 aliphatic rings. The first kappa shape index (κ1) is 14.0. The maximum absolute atomic E-state index is 12.4. The summed E-state index contributed by atoms with van der Waals surface area (Å²) in [7, 11) is 1.61. The van der Waals surface area contributed by atoms with Crippen LogP contribution in [0.2, 0.25) is 0 Å². The number of aromatic nitrogens is 1. The summed E-state index contributed by atoms with van der Waals surface area (Å²) in [6.45, 7) is 3.07. The predicted octanol–water partition coefficient (Wildman–Crippen LogP) is 2.22. The van der Waals surface area contributed by atoms with Gasteiger partial charge in [-0.05, 0) is 24.3 Å². The van der Waals surface area contributed by atoms with Crippen molar-refractivity contribution in [2.75, 3.05) is 38.3 Å². The number of nitrogens with zero attached hydrogens (tertiary/aromatic N) is 2. The summed E-state index contributed by atoms with van der Waals surface area (Å²) in [5.74, 6) is 0.736. The van der Waals surface area contributed by atoms with Crippen LogP contribution in [0.25, 0.3) is 0 Å². The lowest BCUT2D eigenvalue weighted by atomic mass is 10.1. The normalized spacial score (nSPS) is 15.0. The van der Waals surface area contributed by atoms with Crippen LogP contribution in [0.5, 0.6) is 5.75 Å². The quantitative estimate of drug-likeness (QED) is 0.811. The van der Waals surface area contributed by atoms with E-state index < -0.39 is 0 Å². The van der Waals surface area contributed by atoms with Crippen LogP contribution in [0.1, 0.15) is 15.2 Å². The summed E-state index contributed by atoms with van der Waals surface area (Å²) in [5.41, 5.74) is 0.646. The Balaban J connectivity index is 1.76. The molecule has 6 heteroatoms. The van der Waals surface area contributed by atoms with Crippen LogP contribution in [-0.4, -0.2) is 44.2 Å². The molecule has 1 saturated heterocycles. The molecule has 3 rings (SSSR count). The molecule has 0 saturated carbocycles. The number of ketones is 1. The van der Waals surface area contributed by atoms with E-state index in [2.05, 4.69) is 9.88 Å². The molecule has 0 atom stereocenters. The van der Waals surface area contributed by atoms with Gasteiger partial charge in [0, 0.05) is 18.7 Å². The number of thiazole rings is 1. The van der Waals surface area contributed by atoms with Crippen molar-refractivity contribution in [2.45, 2.75) is 0 Å². The number of methoxy groups -OCH3 is 1. The van der Waals surface area contributed by atoms with Gasteiger partial charge in [-0.3, -0.25) is 4.79 Å². The Morgan fingerprint density at radius 3 is 2.67 bits per heavy atom. The van der Waals surface area contributed by atoms with Crippen LogP contribution >= 0.6 is 11.3 Å². The fourth-order valence-electron chi connectivity index (χ4n) is 2.16. The van der Waals surface area contributed by atoms with Gasteiger partial charge in [-0.1, -0.05) is 11.3 Å². The van der Waals surface area contributed by atoms with E-state index in [-0.39, 0.29) is 5.78 Å². The highest BCUT2D eigenvalue weighted by Gasteiger charge is 2.18. The van der Waals surface area contributed by atoms with Crippen molar-refractivity contribution in [1.29, 1.82) is 0 Å². The van der Waals surface area contributed by atoms with E-state index in [9.17, 15) is 4.79 Å². The van der Waals surface area contributed by atoms with Gasteiger partial charge in [0.2, 0.25) is 5.78 Å². The first-order valence-corrected chi connectivity index (χ1v) is 7.57. The van der Waals surface area contributed by atoms with Crippen molar-refractivity contribution >= 4 is 22.3 Å². The van der Waals surface area contributed by atoms with E-state index in [1.54, 1.807) is 37.6 Å². The van der Waals surface area contributed by atoms with Crippen molar-refractivity contribution in [3.8, 4) is 5.75 Å². The minimum Gasteiger partial charge on any atom is -0.497 e. The Morgan fingerprint density at radius 1 is 1.29 bits per heavy atom. The zero-order chi connectivity index (χ0) is 14.7. The Kier molecular flexibility index (Phi) is 4.17. The topological polar surface area (TPSA) is 51.7 Å². The second kappa shape index (κ2) is 6.24. The molecule has 1 aromatic carbocycles. The lowest BCUT2D eigenvalue weighted by Gasteiger charge is -2.25. The first-order chi connectivity index (χ1) is 10.3. The van der Waals surface area contributed by atoms with Crippen LogP contribution in [-0.2, 0) is 4.74 Å². The Morgan fingerprint density at radius 2 is 2.00 bits per heavy atom. The third-order valence-electron chi connectivity index (χ3n) is 3.35. The van der Waals surface area contributed by atoms with Crippen LogP contribution in [0, 0.1) is 0 Å². The molecule has 2 heterocycles. The molecule has 1 aliphatic heterocycles. The second-order valence-electron chi connectivity index (χ2n) is 4.66. The zero-order valence-corrected chi connectivity index (χ0v) is 12.6.